The summed E-state index contributed by atoms with van der Waals surface area (Å²) in [6.45, 7) is 4.68. The number of hydrogen-bond acceptors (Lipinski definition) is 5. The summed E-state index contributed by atoms with van der Waals surface area (Å²) in [5.41, 5.74) is 1.51. The van der Waals surface area contributed by atoms with Gasteiger partial charge in [0.05, 0.1) is 15.6 Å². The summed E-state index contributed by atoms with van der Waals surface area (Å²) in [4.78, 5) is 8.05. The molecule has 6 nitrogen and oxygen atoms in total. The molecule has 0 saturated carbocycles. The molecule has 1 atom stereocenters. The van der Waals surface area contributed by atoms with Crippen LogP contribution in [0.4, 0.5) is 15.9 Å². The number of anilines is 2. The summed E-state index contributed by atoms with van der Waals surface area (Å²) in [7, 11) is 0.170. The molecule has 2 heterocycles. The Morgan fingerprint density at radius 1 is 1.34 bits per heavy atom. The molecule has 29 heavy (non-hydrogen) atoms. The molecule has 1 unspecified atom stereocenters. The van der Waals surface area contributed by atoms with Crippen molar-refractivity contribution in [1.82, 2.24) is 9.88 Å². The third-order valence-corrected chi connectivity index (χ3v) is 6.74. The van der Waals surface area contributed by atoms with Crippen molar-refractivity contribution in [3.05, 3.63) is 46.9 Å². The number of nitrogens with one attached hydrogen (secondary N) is 1. The summed E-state index contributed by atoms with van der Waals surface area (Å²) in [5.74, 6) is -0.274. The molecule has 1 aliphatic heterocycles. The second-order valence-electron chi connectivity index (χ2n) is 7.58. The molecule has 2 aromatic rings. The van der Waals surface area contributed by atoms with E-state index in [9.17, 15) is 12.8 Å². The fourth-order valence-electron chi connectivity index (χ4n) is 3.73. The van der Waals surface area contributed by atoms with E-state index in [1.807, 2.05) is 13.0 Å². The monoisotopic (exact) mass is 440 g/mol. The predicted molar refractivity (Wildman–Crippen MR) is 115 cm³/mol. The average molecular weight is 441 g/mol. The normalized spacial score (nSPS) is 17.2. The molecule has 0 amide bonds. The highest BCUT2D eigenvalue weighted by atomic mass is 35.5. The zero-order chi connectivity index (χ0) is 21.2. The molecule has 1 fully saturated rings. The zero-order valence-electron chi connectivity index (χ0n) is 16.8. The first kappa shape index (κ1) is 21.8. The maximum absolute atomic E-state index is 13.3. The van der Waals surface area contributed by atoms with E-state index in [4.69, 9.17) is 11.6 Å². The number of aryl methyl sites for hydroxylation is 1. The molecule has 1 saturated heterocycles. The molecule has 3 rings (SSSR count). The van der Waals surface area contributed by atoms with Crippen molar-refractivity contribution >= 4 is 33.1 Å². The average Bonchev–Trinajstić information content (AvgIpc) is 3.08. The van der Waals surface area contributed by atoms with Crippen LogP contribution in [0.25, 0.3) is 0 Å². The van der Waals surface area contributed by atoms with Crippen LogP contribution in [0.15, 0.2) is 35.2 Å². The van der Waals surface area contributed by atoms with E-state index < -0.39 is 16.0 Å². The largest absolute Gasteiger partial charge is 0.370 e. The first-order valence-corrected chi connectivity index (χ1v) is 11.4. The molecular formula is C20H26ClFN4O2S. The van der Waals surface area contributed by atoms with Crippen molar-refractivity contribution in [2.75, 3.05) is 43.4 Å². The minimum absolute atomic E-state index is 0.0710. The third-order valence-electron chi connectivity index (χ3n) is 5.00. The quantitative estimate of drug-likeness (QED) is 0.666. The van der Waals surface area contributed by atoms with E-state index in [2.05, 4.69) is 33.6 Å². The Morgan fingerprint density at radius 3 is 2.76 bits per heavy atom. The van der Waals surface area contributed by atoms with Crippen molar-refractivity contribution < 1.29 is 12.8 Å². The zero-order valence-corrected chi connectivity index (χ0v) is 18.4. The fraction of sp³-hybridized carbons (Fsp3) is 0.450. The van der Waals surface area contributed by atoms with Crippen molar-refractivity contribution in [1.29, 1.82) is 0 Å². The molecule has 0 aliphatic carbocycles. The fourth-order valence-corrected chi connectivity index (χ4v) is 5.40. The molecule has 0 radical (unpaired) electrons. The smallest absolute Gasteiger partial charge is 0.263 e. The van der Waals surface area contributed by atoms with E-state index in [0.717, 1.165) is 37.8 Å². The van der Waals surface area contributed by atoms with Gasteiger partial charge in [-0.15, -0.1) is 0 Å². The van der Waals surface area contributed by atoms with Crippen molar-refractivity contribution in [2.45, 2.75) is 24.7 Å². The van der Waals surface area contributed by atoms with Crippen LogP contribution in [-0.4, -0.2) is 52.0 Å². The maximum atomic E-state index is 13.3. The van der Waals surface area contributed by atoms with Gasteiger partial charge in [-0.25, -0.2) is 13.4 Å². The van der Waals surface area contributed by atoms with E-state index in [1.165, 1.54) is 18.2 Å². The molecule has 1 aromatic heterocycles. The van der Waals surface area contributed by atoms with Gasteiger partial charge in [0.2, 0.25) is 5.95 Å². The van der Waals surface area contributed by atoms with E-state index >= 15 is 0 Å². The number of halogens is 2. The highest BCUT2D eigenvalue weighted by Gasteiger charge is 2.27. The second-order valence-corrected chi connectivity index (χ2v) is 9.64. The highest BCUT2D eigenvalue weighted by molar-refractivity contribution is 7.92. The van der Waals surface area contributed by atoms with Crippen LogP contribution in [0.2, 0.25) is 5.02 Å². The summed E-state index contributed by atoms with van der Waals surface area (Å²) in [5, 5.41) is 0.389. The van der Waals surface area contributed by atoms with Gasteiger partial charge in [0.15, 0.2) is 0 Å². The van der Waals surface area contributed by atoms with E-state index in [1.54, 1.807) is 0 Å². The number of rotatable bonds is 7. The first-order valence-electron chi connectivity index (χ1n) is 9.57. The highest BCUT2D eigenvalue weighted by Crippen LogP contribution is 2.35. The van der Waals surface area contributed by atoms with Gasteiger partial charge >= 0.3 is 0 Å². The Hall–Kier alpha value is -1.90. The molecule has 0 bridgehead atoms. The van der Waals surface area contributed by atoms with E-state index in [0.29, 0.717) is 22.9 Å². The number of sulfonamides is 1. The summed E-state index contributed by atoms with van der Waals surface area (Å²) >= 11 is 6.51. The topological polar surface area (TPSA) is 65.5 Å². The van der Waals surface area contributed by atoms with Gasteiger partial charge < -0.3 is 9.80 Å². The van der Waals surface area contributed by atoms with Gasteiger partial charge in [-0.3, -0.25) is 4.72 Å². The van der Waals surface area contributed by atoms with Gasteiger partial charge in [0, 0.05) is 19.6 Å². The molecule has 1 N–H and O–H groups in total. The van der Waals surface area contributed by atoms with Crippen molar-refractivity contribution in [3.63, 3.8) is 0 Å². The summed E-state index contributed by atoms with van der Waals surface area (Å²) in [6.07, 6.45) is 1.59. The Labute approximate surface area is 176 Å². The third kappa shape index (κ3) is 5.18. The molecule has 0 spiro atoms. The standard InChI is InChI=1S/C20H26ClFN4O2S/c1-4-15-10-17(26-9-8-14(13-26)12-25(2)3)16(21)11-18(15)29(27,28)24-20-7-5-6-19(22)23-20/h5-7,10-11,14H,4,8-9,12-13H2,1-3H3,(H,23,24). The van der Waals surface area contributed by atoms with Gasteiger partial charge in [-0.05, 0) is 62.7 Å². The molecule has 1 aliphatic rings. The van der Waals surface area contributed by atoms with Gasteiger partial charge in [-0.2, -0.15) is 4.39 Å². The lowest BCUT2D eigenvalue weighted by molar-refractivity contribution is 0.340. The Morgan fingerprint density at radius 2 is 2.10 bits per heavy atom. The van der Waals surface area contributed by atoms with Crippen LogP contribution in [0.3, 0.4) is 0 Å². The van der Waals surface area contributed by atoms with Crippen LogP contribution in [-0.2, 0) is 16.4 Å². The van der Waals surface area contributed by atoms with Crippen molar-refractivity contribution in [2.24, 2.45) is 5.92 Å². The minimum Gasteiger partial charge on any atom is -0.370 e. The summed E-state index contributed by atoms with van der Waals surface area (Å²) < 4.78 is 41.5. The number of pyridine rings is 1. The van der Waals surface area contributed by atoms with Crippen LogP contribution < -0.4 is 9.62 Å². The lowest BCUT2D eigenvalue weighted by Crippen LogP contribution is -2.26. The van der Waals surface area contributed by atoms with Crippen LogP contribution in [0.1, 0.15) is 18.9 Å². The Bertz CT molecular complexity index is 984. The maximum Gasteiger partial charge on any atom is 0.263 e. The first-order chi connectivity index (χ1) is 13.7. The van der Waals surface area contributed by atoms with Crippen LogP contribution >= 0.6 is 11.6 Å². The number of aromatic nitrogens is 1. The Balaban J connectivity index is 1.88. The van der Waals surface area contributed by atoms with Gasteiger partial charge in [0.25, 0.3) is 10.0 Å². The minimum atomic E-state index is -3.95. The van der Waals surface area contributed by atoms with Crippen molar-refractivity contribution in [3.8, 4) is 0 Å². The van der Waals surface area contributed by atoms with Crippen LogP contribution in [0.5, 0.6) is 0 Å². The second kappa shape index (κ2) is 8.85. The number of nitrogens with zero attached hydrogens (tertiary/aromatic N) is 3. The Kier molecular flexibility index (Phi) is 6.65. The van der Waals surface area contributed by atoms with Gasteiger partial charge in [-0.1, -0.05) is 24.6 Å². The van der Waals surface area contributed by atoms with E-state index in [-0.39, 0.29) is 10.7 Å². The lowest BCUT2D eigenvalue weighted by Gasteiger charge is -2.23. The number of hydrogen-bond donors (Lipinski definition) is 1. The molecule has 1 aromatic carbocycles. The molecule has 158 valence electrons. The predicted octanol–water partition coefficient (Wildman–Crippen LogP) is 3.63. The number of benzene rings is 1. The van der Waals surface area contributed by atoms with Crippen LogP contribution in [0, 0.1) is 11.9 Å². The van der Waals surface area contributed by atoms with Gasteiger partial charge in [0.1, 0.15) is 5.82 Å². The SMILES string of the molecule is CCc1cc(N2CCC(CN(C)C)C2)c(Cl)cc1S(=O)(=O)Nc1cccc(F)n1. The molecular weight excluding hydrogens is 415 g/mol. The molecule has 9 heteroatoms. The summed E-state index contributed by atoms with van der Waals surface area (Å²) in [6, 6.07) is 7.29. The lowest BCUT2D eigenvalue weighted by atomic mass is 10.1.